The minimum absolute atomic E-state index is 0.0634. The van der Waals surface area contributed by atoms with E-state index in [0.717, 1.165) is 18.8 Å². The number of nitrogens with one attached hydrogen (secondary N) is 3. The molecule has 6 atom stereocenters. The summed E-state index contributed by atoms with van der Waals surface area (Å²) in [4.78, 5) is 4.78. The fraction of sp³-hybridized carbons (Fsp3) is 0.810. The van der Waals surface area contributed by atoms with Crippen molar-refractivity contribution in [1.82, 2.24) is 10.6 Å². The Labute approximate surface area is 166 Å². The van der Waals surface area contributed by atoms with Gasteiger partial charge in [0, 0.05) is 18.5 Å². The average Bonchev–Trinajstić information content (AvgIpc) is 2.63. The third kappa shape index (κ3) is 6.61. The van der Waals surface area contributed by atoms with Gasteiger partial charge in [-0.2, -0.15) is 0 Å². The van der Waals surface area contributed by atoms with Crippen LogP contribution in [0.25, 0.3) is 0 Å². The van der Waals surface area contributed by atoms with Crippen LogP contribution in [0.1, 0.15) is 54.9 Å². The number of hydrogen-bond donors (Lipinski definition) is 5. The van der Waals surface area contributed by atoms with E-state index in [-0.39, 0.29) is 30.1 Å². The summed E-state index contributed by atoms with van der Waals surface area (Å²) >= 11 is 0. The van der Waals surface area contributed by atoms with E-state index in [1.807, 2.05) is 13.8 Å². The van der Waals surface area contributed by atoms with Gasteiger partial charge in [-0.3, -0.25) is 10.4 Å². The lowest BCUT2D eigenvalue weighted by molar-refractivity contribution is 0.262. The third-order valence-electron chi connectivity index (χ3n) is 5.76. The number of rotatable bonds is 9. The van der Waals surface area contributed by atoms with Crippen molar-refractivity contribution in [3.63, 3.8) is 0 Å². The van der Waals surface area contributed by atoms with Crippen molar-refractivity contribution >= 4 is 11.7 Å². The lowest BCUT2D eigenvalue weighted by Gasteiger charge is -2.39. The van der Waals surface area contributed by atoms with E-state index >= 15 is 0 Å². The molecule has 0 radical (unpaired) electrons. The summed E-state index contributed by atoms with van der Waals surface area (Å²) in [5.41, 5.74) is 12.4. The second-order valence-electron chi connectivity index (χ2n) is 8.64. The van der Waals surface area contributed by atoms with Crippen molar-refractivity contribution in [3.05, 3.63) is 12.2 Å². The molecule has 0 fully saturated rings. The van der Waals surface area contributed by atoms with Crippen molar-refractivity contribution in [2.45, 2.75) is 79.1 Å². The van der Waals surface area contributed by atoms with Crippen LogP contribution >= 0.6 is 0 Å². The monoisotopic (exact) mass is 378 g/mol. The standard InChI is InChI=1S/C21H42N6/c1-8-9-10-17-16(11-25-21(27-17)19(23)13(4)5)14(6)15(7)26-20(24)18(22)12(2)3/h9-10,12-19H,8,11,22-23H2,1-7H3,(H2,24,26)(H,25,27)/b10-9-/t14-,15+,16+,17?,18-,19-/m0/s1. The van der Waals surface area contributed by atoms with Crippen molar-refractivity contribution in [3.8, 4) is 0 Å². The molecule has 0 aromatic carbocycles. The van der Waals surface area contributed by atoms with Gasteiger partial charge in [0.25, 0.3) is 0 Å². The molecule has 1 unspecified atom stereocenters. The molecule has 7 N–H and O–H groups in total. The predicted molar refractivity (Wildman–Crippen MR) is 117 cm³/mol. The van der Waals surface area contributed by atoms with E-state index < -0.39 is 0 Å². The highest BCUT2D eigenvalue weighted by Gasteiger charge is 2.34. The first-order valence-corrected chi connectivity index (χ1v) is 10.4. The lowest BCUT2D eigenvalue weighted by Crippen LogP contribution is -2.56. The molecule has 27 heavy (non-hydrogen) atoms. The predicted octanol–water partition coefficient (Wildman–Crippen LogP) is 2.50. The van der Waals surface area contributed by atoms with Gasteiger partial charge in [-0.05, 0) is 31.1 Å². The Morgan fingerprint density at radius 1 is 1.22 bits per heavy atom. The van der Waals surface area contributed by atoms with Gasteiger partial charge in [-0.25, -0.2) is 0 Å². The van der Waals surface area contributed by atoms with E-state index in [9.17, 15) is 0 Å². The zero-order valence-corrected chi connectivity index (χ0v) is 18.3. The third-order valence-corrected chi connectivity index (χ3v) is 5.76. The Morgan fingerprint density at radius 3 is 2.37 bits per heavy atom. The minimum Gasteiger partial charge on any atom is -0.370 e. The van der Waals surface area contributed by atoms with Crippen LogP contribution in [-0.4, -0.2) is 42.4 Å². The number of hydrogen-bond acceptors (Lipinski definition) is 5. The first kappa shape index (κ1) is 23.6. The molecule has 1 rings (SSSR count). The topological polar surface area (TPSA) is 112 Å². The fourth-order valence-electron chi connectivity index (χ4n) is 3.30. The molecule has 156 valence electrons. The maximum Gasteiger partial charge on any atom is 0.114 e. The Balaban J connectivity index is 2.90. The highest BCUT2D eigenvalue weighted by molar-refractivity contribution is 5.88. The quantitative estimate of drug-likeness (QED) is 0.241. The summed E-state index contributed by atoms with van der Waals surface area (Å²) in [7, 11) is 0. The summed E-state index contributed by atoms with van der Waals surface area (Å²) in [6, 6.07) is 0.0248. The molecule has 0 amide bonds. The van der Waals surface area contributed by atoms with Crippen molar-refractivity contribution in [2.24, 2.45) is 40.1 Å². The summed E-state index contributed by atoms with van der Waals surface area (Å²) in [6.45, 7) is 15.6. The van der Waals surface area contributed by atoms with Crippen LogP contribution in [0.5, 0.6) is 0 Å². The molecule has 1 aliphatic heterocycles. The van der Waals surface area contributed by atoms with Crippen LogP contribution in [0.4, 0.5) is 0 Å². The number of amidine groups is 2. The highest BCUT2D eigenvalue weighted by atomic mass is 15.1. The Morgan fingerprint density at radius 2 is 1.85 bits per heavy atom. The summed E-state index contributed by atoms with van der Waals surface area (Å²) < 4.78 is 0. The molecular formula is C21H42N6. The molecule has 0 spiro atoms. The van der Waals surface area contributed by atoms with Gasteiger partial charge in [-0.15, -0.1) is 0 Å². The molecular weight excluding hydrogens is 336 g/mol. The number of aliphatic imine (C=N–C) groups is 1. The number of allylic oxidation sites excluding steroid dienone is 1. The number of nitrogens with two attached hydrogens (primary N) is 2. The van der Waals surface area contributed by atoms with Crippen LogP contribution in [0.2, 0.25) is 0 Å². The zero-order valence-electron chi connectivity index (χ0n) is 18.3. The molecule has 6 heteroatoms. The van der Waals surface area contributed by atoms with Gasteiger partial charge in [0.2, 0.25) is 0 Å². The normalized spacial score (nSPS) is 25.1. The van der Waals surface area contributed by atoms with Crippen LogP contribution < -0.4 is 22.1 Å². The summed E-state index contributed by atoms with van der Waals surface area (Å²) in [5.74, 6) is 2.58. The molecule has 1 aliphatic rings. The van der Waals surface area contributed by atoms with Crippen LogP contribution in [-0.2, 0) is 0 Å². The van der Waals surface area contributed by atoms with Crippen LogP contribution in [0.3, 0.4) is 0 Å². The lowest BCUT2D eigenvalue weighted by atomic mass is 9.81. The van der Waals surface area contributed by atoms with Gasteiger partial charge >= 0.3 is 0 Å². The molecule has 0 aromatic heterocycles. The largest absolute Gasteiger partial charge is 0.370 e. The van der Waals surface area contributed by atoms with Gasteiger partial charge in [0.1, 0.15) is 11.7 Å². The van der Waals surface area contributed by atoms with E-state index in [1.54, 1.807) is 0 Å². The van der Waals surface area contributed by atoms with Crippen LogP contribution in [0, 0.1) is 29.1 Å². The highest BCUT2D eigenvalue weighted by Crippen LogP contribution is 2.25. The number of nitrogens with zero attached hydrogens (tertiary/aromatic N) is 1. The zero-order chi connectivity index (χ0) is 20.7. The second kappa shape index (κ2) is 10.8. The molecule has 0 saturated heterocycles. The average molecular weight is 379 g/mol. The molecule has 0 bridgehead atoms. The van der Waals surface area contributed by atoms with Crippen molar-refractivity contribution in [1.29, 1.82) is 5.41 Å². The molecule has 0 aliphatic carbocycles. The van der Waals surface area contributed by atoms with E-state index in [1.165, 1.54) is 0 Å². The Hall–Kier alpha value is -1.40. The van der Waals surface area contributed by atoms with Gasteiger partial charge in [0.05, 0.1) is 18.1 Å². The fourth-order valence-corrected chi connectivity index (χ4v) is 3.30. The van der Waals surface area contributed by atoms with E-state index in [4.69, 9.17) is 21.9 Å². The molecule has 0 aromatic rings. The molecule has 0 saturated carbocycles. The van der Waals surface area contributed by atoms with Crippen LogP contribution in [0.15, 0.2) is 17.1 Å². The van der Waals surface area contributed by atoms with Gasteiger partial charge in [-0.1, -0.05) is 53.7 Å². The first-order valence-electron chi connectivity index (χ1n) is 10.4. The Bertz CT molecular complexity index is 525. The maximum absolute atomic E-state index is 8.25. The van der Waals surface area contributed by atoms with E-state index in [0.29, 0.717) is 23.6 Å². The molecule has 1 heterocycles. The second-order valence-corrected chi connectivity index (χ2v) is 8.64. The van der Waals surface area contributed by atoms with E-state index in [2.05, 4.69) is 57.4 Å². The Kier molecular flexibility index (Phi) is 9.47. The van der Waals surface area contributed by atoms with Crippen molar-refractivity contribution in [2.75, 3.05) is 6.54 Å². The minimum atomic E-state index is -0.256. The summed E-state index contributed by atoms with van der Waals surface area (Å²) in [5, 5.41) is 15.2. The van der Waals surface area contributed by atoms with Crippen molar-refractivity contribution < 1.29 is 0 Å². The van der Waals surface area contributed by atoms with Gasteiger partial charge in [0.15, 0.2) is 0 Å². The SMILES string of the molecule is CC/C=C\C1NC([C@@H](N)C(C)C)=NC[C@@H]1[C@@H](C)[C@@H](C)NC(=N)[C@@H](N)C(C)C. The molecule has 6 nitrogen and oxygen atoms in total. The first-order chi connectivity index (χ1) is 12.6. The maximum atomic E-state index is 8.25. The van der Waals surface area contributed by atoms with Gasteiger partial charge < -0.3 is 22.1 Å². The smallest absolute Gasteiger partial charge is 0.114 e. The summed E-state index contributed by atoms with van der Waals surface area (Å²) in [6.07, 6.45) is 5.46.